The largest absolute Gasteiger partial charge is 0.504 e. The highest BCUT2D eigenvalue weighted by atomic mass is 127. The van der Waals surface area contributed by atoms with Crippen molar-refractivity contribution < 1.29 is 10.2 Å². The van der Waals surface area contributed by atoms with Crippen LogP contribution in [-0.4, -0.2) is 16.4 Å². The summed E-state index contributed by atoms with van der Waals surface area (Å²) < 4.78 is 1.16. The van der Waals surface area contributed by atoms with Gasteiger partial charge in [-0.25, -0.2) is 0 Å². The van der Waals surface area contributed by atoms with Crippen LogP contribution in [0, 0.1) is 3.57 Å². The normalized spacial score (nSPS) is 10.9. The minimum atomic E-state index is -0.142. The number of halogens is 1. The molecule has 0 aromatic heterocycles. The number of aliphatic imine (C=N–C) groups is 1. The Kier molecular flexibility index (Phi) is 3.63. The summed E-state index contributed by atoms with van der Waals surface area (Å²) in [6.45, 7) is 0. The van der Waals surface area contributed by atoms with Crippen molar-refractivity contribution in [1.82, 2.24) is 0 Å². The van der Waals surface area contributed by atoms with E-state index in [2.05, 4.69) is 27.6 Å². The summed E-state index contributed by atoms with van der Waals surface area (Å²) in [5.41, 5.74) is 1.58. The summed E-state index contributed by atoms with van der Waals surface area (Å²) in [4.78, 5) is 4.27. The van der Waals surface area contributed by atoms with Crippen LogP contribution in [0.4, 0.5) is 5.69 Å². The molecule has 2 N–H and O–H groups in total. The average Bonchev–Trinajstić information content (AvgIpc) is 2.33. The Hall–Kier alpha value is -1.56. The Labute approximate surface area is 113 Å². The van der Waals surface area contributed by atoms with Gasteiger partial charge >= 0.3 is 0 Å². The van der Waals surface area contributed by atoms with Gasteiger partial charge in [0.2, 0.25) is 0 Å². The van der Waals surface area contributed by atoms with Gasteiger partial charge in [-0.05, 0) is 70.6 Å². The van der Waals surface area contributed by atoms with E-state index in [-0.39, 0.29) is 11.5 Å². The van der Waals surface area contributed by atoms with Gasteiger partial charge in [-0.15, -0.1) is 0 Å². The molecule has 0 amide bonds. The lowest BCUT2D eigenvalue weighted by Gasteiger charge is -1.98. The third kappa shape index (κ3) is 3.20. The van der Waals surface area contributed by atoms with E-state index in [1.165, 1.54) is 12.1 Å². The lowest BCUT2D eigenvalue weighted by molar-refractivity contribution is 0.403. The van der Waals surface area contributed by atoms with Gasteiger partial charge in [-0.2, -0.15) is 0 Å². The Bertz CT molecular complexity index is 550. The van der Waals surface area contributed by atoms with E-state index in [4.69, 9.17) is 5.11 Å². The van der Waals surface area contributed by atoms with Crippen molar-refractivity contribution in [3.63, 3.8) is 0 Å². The van der Waals surface area contributed by atoms with Crippen LogP contribution in [0.25, 0.3) is 0 Å². The maximum absolute atomic E-state index is 9.32. The van der Waals surface area contributed by atoms with Crippen LogP contribution in [0.3, 0.4) is 0 Å². The molecule has 2 rings (SSSR count). The minimum Gasteiger partial charge on any atom is -0.504 e. The standard InChI is InChI=1S/C13H10INO2/c14-10-2-4-11(5-3-10)15-8-9-1-6-12(16)13(17)7-9/h1-8,16-17H. The highest BCUT2D eigenvalue weighted by Gasteiger charge is 1.98. The zero-order valence-electron chi connectivity index (χ0n) is 8.84. The SMILES string of the molecule is Oc1ccc(C=Nc2ccc(I)cc2)cc1O. The molecule has 2 aromatic rings. The number of rotatable bonds is 2. The zero-order valence-corrected chi connectivity index (χ0v) is 11.0. The first-order valence-electron chi connectivity index (χ1n) is 4.97. The molecule has 0 atom stereocenters. The zero-order chi connectivity index (χ0) is 12.3. The Morgan fingerprint density at radius 2 is 1.65 bits per heavy atom. The van der Waals surface area contributed by atoms with Crippen LogP contribution in [-0.2, 0) is 0 Å². The molecule has 3 nitrogen and oxygen atoms in total. The third-order valence-corrected chi connectivity index (χ3v) is 2.91. The number of nitrogens with zero attached hydrogens (tertiary/aromatic N) is 1. The van der Waals surface area contributed by atoms with E-state index in [1.54, 1.807) is 12.3 Å². The molecule has 0 aliphatic heterocycles. The molecule has 0 unspecified atom stereocenters. The van der Waals surface area contributed by atoms with Crippen molar-refractivity contribution in [2.75, 3.05) is 0 Å². The monoisotopic (exact) mass is 339 g/mol. The van der Waals surface area contributed by atoms with Crippen LogP contribution in [0.2, 0.25) is 0 Å². The maximum atomic E-state index is 9.32. The van der Waals surface area contributed by atoms with Crippen LogP contribution >= 0.6 is 22.6 Å². The molecule has 0 aliphatic rings. The van der Waals surface area contributed by atoms with Crippen molar-refractivity contribution in [2.45, 2.75) is 0 Å². The number of phenols is 2. The molecular formula is C13H10INO2. The molecule has 4 heteroatoms. The fourth-order valence-electron chi connectivity index (χ4n) is 1.30. The molecule has 0 radical (unpaired) electrons. The minimum absolute atomic E-state index is 0.128. The number of hydrogen-bond donors (Lipinski definition) is 2. The first-order chi connectivity index (χ1) is 8.15. The van der Waals surface area contributed by atoms with Gasteiger partial charge in [0.1, 0.15) is 0 Å². The summed E-state index contributed by atoms with van der Waals surface area (Å²) in [7, 11) is 0. The van der Waals surface area contributed by atoms with Gasteiger partial charge < -0.3 is 10.2 Å². The average molecular weight is 339 g/mol. The van der Waals surface area contributed by atoms with Crippen LogP contribution in [0.1, 0.15) is 5.56 Å². The molecule has 0 heterocycles. The van der Waals surface area contributed by atoms with E-state index in [1.807, 2.05) is 24.3 Å². The van der Waals surface area contributed by atoms with Gasteiger partial charge in [0, 0.05) is 9.78 Å². The van der Waals surface area contributed by atoms with E-state index >= 15 is 0 Å². The summed E-state index contributed by atoms with van der Waals surface area (Å²) >= 11 is 2.23. The number of aromatic hydroxyl groups is 2. The van der Waals surface area contributed by atoms with Gasteiger partial charge in [0.25, 0.3) is 0 Å². The first-order valence-corrected chi connectivity index (χ1v) is 6.04. The second-order valence-electron chi connectivity index (χ2n) is 3.48. The molecular weight excluding hydrogens is 329 g/mol. The third-order valence-electron chi connectivity index (χ3n) is 2.19. The Morgan fingerprint density at radius 3 is 2.29 bits per heavy atom. The van der Waals surface area contributed by atoms with E-state index in [9.17, 15) is 5.11 Å². The van der Waals surface area contributed by atoms with Crippen molar-refractivity contribution in [2.24, 2.45) is 4.99 Å². The Morgan fingerprint density at radius 1 is 0.941 bits per heavy atom. The molecule has 0 fully saturated rings. The molecule has 17 heavy (non-hydrogen) atoms. The molecule has 0 aliphatic carbocycles. The van der Waals surface area contributed by atoms with E-state index < -0.39 is 0 Å². The fraction of sp³-hybridized carbons (Fsp3) is 0. The van der Waals surface area contributed by atoms with Crippen molar-refractivity contribution in [1.29, 1.82) is 0 Å². The Balaban J connectivity index is 2.20. The van der Waals surface area contributed by atoms with Crippen molar-refractivity contribution in [3.8, 4) is 11.5 Å². The molecule has 0 saturated carbocycles. The van der Waals surface area contributed by atoms with Crippen LogP contribution < -0.4 is 0 Å². The molecule has 2 aromatic carbocycles. The topological polar surface area (TPSA) is 52.8 Å². The summed E-state index contributed by atoms with van der Waals surface area (Å²) in [6, 6.07) is 12.4. The molecule has 86 valence electrons. The lowest BCUT2D eigenvalue weighted by Crippen LogP contribution is -1.80. The predicted octanol–water partition coefficient (Wildman–Crippen LogP) is 3.45. The molecule has 0 saturated heterocycles. The number of phenolic OH excluding ortho intramolecular Hbond substituents is 2. The van der Waals surface area contributed by atoms with Crippen molar-refractivity contribution in [3.05, 3.63) is 51.6 Å². The van der Waals surface area contributed by atoms with Gasteiger partial charge in [0.15, 0.2) is 11.5 Å². The molecule has 0 spiro atoms. The number of benzene rings is 2. The predicted molar refractivity (Wildman–Crippen MR) is 76.2 cm³/mol. The maximum Gasteiger partial charge on any atom is 0.158 e. The van der Waals surface area contributed by atoms with Gasteiger partial charge in [-0.3, -0.25) is 4.99 Å². The van der Waals surface area contributed by atoms with Crippen molar-refractivity contribution >= 4 is 34.5 Å². The quantitative estimate of drug-likeness (QED) is 0.500. The highest BCUT2D eigenvalue weighted by Crippen LogP contribution is 2.24. The first kappa shape index (κ1) is 11.9. The smallest absolute Gasteiger partial charge is 0.158 e. The van der Waals surface area contributed by atoms with Gasteiger partial charge in [0.05, 0.1) is 5.69 Å². The van der Waals surface area contributed by atoms with E-state index in [0.717, 1.165) is 14.8 Å². The lowest BCUT2D eigenvalue weighted by atomic mass is 10.2. The summed E-state index contributed by atoms with van der Waals surface area (Å²) in [5.74, 6) is -0.270. The van der Waals surface area contributed by atoms with E-state index in [0.29, 0.717) is 0 Å². The second-order valence-corrected chi connectivity index (χ2v) is 4.73. The highest BCUT2D eigenvalue weighted by molar-refractivity contribution is 14.1. The summed E-state index contributed by atoms with van der Waals surface area (Å²) in [6.07, 6.45) is 1.64. The summed E-state index contributed by atoms with van der Waals surface area (Å²) in [5, 5.41) is 18.5. The fourth-order valence-corrected chi connectivity index (χ4v) is 1.66. The number of hydrogen-bond acceptors (Lipinski definition) is 3. The van der Waals surface area contributed by atoms with Gasteiger partial charge in [-0.1, -0.05) is 0 Å². The van der Waals surface area contributed by atoms with Crippen LogP contribution in [0.15, 0.2) is 47.5 Å². The molecule has 0 bridgehead atoms. The second kappa shape index (κ2) is 5.18. The van der Waals surface area contributed by atoms with Crippen LogP contribution in [0.5, 0.6) is 11.5 Å².